The molecule has 2 atom stereocenters. The normalized spacial score (nSPS) is 20.2. The zero-order valence-electron chi connectivity index (χ0n) is 20.3. The first-order valence-corrected chi connectivity index (χ1v) is 12.6. The molecule has 0 heterocycles. The average Bonchev–Trinajstić information content (AvgIpc) is 2.79. The van der Waals surface area contributed by atoms with E-state index in [1.807, 2.05) is 0 Å². The van der Waals surface area contributed by atoms with Crippen LogP contribution in [-0.2, 0) is 28.5 Å². The molecular weight excluding hydrogens is 436 g/mol. The second-order valence-corrected chi connectivity index (χ2v) is 8.36. The number of rotatable bonds is 15. The van der Waals surface area contributed by atoms with Gasteiger partial charge in [-0.25, -0.2) is 0 Å². The highest BCUT2D eigenvalue weighted by Crippen LogP contribution is 2.11. The third kappa shape index (κ3) is 14.9. The van der Waals surface area contributed by atoms with Gasteiger partial charge in [-0.15, -0.1) is 11.8 Å². The molecular formula is C26H40N2O6. The molecule has 2 aliphatic carbocycles. The lowest BCUT2D eigenvalue weighted by Gasteiger charge is -2.14. The topological polar surface area (TPSA) is 95.1 Å². The van der Waals surface area contributed by atoms with Gasteiger partial charge in [-0.3, -0.25) is 9.59 Å². The van der Waals surface area contributed by atoms with Crippen molar-refractivity contribution >= 4 is 11.8 Å². The minimum Gasteiger partial charge on any atom is -0.377 e. The highest BCUT2D eigenvalue weighted by molar-refractivity contribution is 5.77. The number of carbonyl (C=O) groups is 2. The first-order valence-electron chi connectivity index (χ1n) is 12.6. The van der Waals surface area contributed by atoms with Crippen LogP contribution in [0.15, 0.2) is 0 Å². The van der Waals surface area contributed by atoms with Crippen molar-refractivity contribution in [2.24, 2.45) is 0 Å². The monoisotopic (exact) mass is 476 g/mol. The zero-order chi connectivity index (χ0) is 24.1. The smallest absolute Gasteiger partial charge is 0.246 e. The lowest BCUT2D eigenvalue weighted by atomic mass is 10.1. The van der Waals surface area contributed by atoms with Crippen LogP contribution in [0.2, 0.25) is 0 Å². The zero-order valence-corrected chi connectivity index (χ0v) is 20.3. The highest BCUT2D eigenvalue weighted by atomic mass is 16.5. The number of nitrogens with one attached hydrogen (secondary N) is 2. The van der Waals surface area contributed by atoms with Crippen molar-refractivity contribution in [2.75, 3.05) is 52.7 Å². The quantitative estimate of drug-likeness (QED) is 0.277. The first kappa shape index (κ1) is 28.1. The molecule has 8 heteroatoms. The largest absolute Gasteiger partial charge is 0.377 e. The summed E-state index contributed by atoms with van der Waals surface area (Å²) in [6, 6.07) is 0. The minimum absolute atomic E-state index is 0.0211. The van der Waals surface area contributed by atoms with Crippen LogP contribution in [-0.4, -0.2) is 76.8 Å². The number of carbonyl (C=O) groups excluding carboxylic acids is 2. The van der Waals surface area contributed by atoms with Crippen molar-refractivity contribution in [3.63, 3.8) is 0 Å². The van der Waals surface area contributed by atoms with E-state index in [1.54, 1.807) is 0 Å². The Balaban J connectivity index is 1.35. The van der Waals surface area contributed by atoms with E-state index in [0.717, 1.165) is 51.4 Å². The molecule has 8 nitrogen and oxygen atoms in total. The molecule has 0 aromatic heterocycles. The Morgan fingerprint density at radius 3 is 1.59 bits per heavy atom. The van der Waals surface area contributed by atoms with E-state index in [9.17, 15) is 9.59 Å². The molecule has 2 unspecified atom stereocenters. The number of hydrogen-bond donors (Lipinski definition) is 2. The second-order valence-electron chi connectivity index (χ2n) is 8.36. The molecule has 0 bridgehead atoms. The van der Waals surface area contributed by atoms with Crippen LogP contribution < -0.4 is 10.6 Å². The molecule has 0 saturated heterocycles. The first-order chi connectivity index (χ1) is 16.7. The molecule has 0 aromatic carbocycles. The van der Waals surface area contributed by atoms with E-state index in [2.05, 4.69) is 34.3 Å². The van der Waals surface area contributed by atoms with Crippen molar-refractivity contribution in [1.82, 2.24) is 10.6 Å². The Kier molecular flexibility index (Phi) is 15.9. The Hall–Kier alpha value is -2.10. The SMILES string of the molecule is O=C(COC1C#CCCCCC1)NCCOCCOCCNC(=O)COC1C#CCCCCC1. The summed E-state index contributed by atoms with van der Waals surface area (Å²) in [4.78, 5) is 23.7. The van der Waals surface area contributed by atoms with E-state index >= 15 is 0 Å². The summed E-state index contributed by atoms with van der Waals surface area (Å²) in [5.41, 5.74) is 0. The van der Waals surface area contributed by atoms with E-state index < -0.39 is 0 Å². The van der Waals surface area contributed by atoms with Gasteiger partial charge >= 0.3 is 0 Å². The Morgan fingerprint density at radius 2 is 1.12 bits per heavy atom. The predicted molar refractivity (Wildman–Crippen MR) is 129 cm³/mol. The fourth-order valence-electron chi connectivity index (χ4n) is 3.51. The summed E-state index contributed by atoms with van der Waals surface area (Å²) in [5.74, 6) is 12.1. The van der Waals surface area contributed by atoms with E-state index in [0.29, 0.717) is 39.5 Å². The van der Waals surface area contributed by atoms with Crippen molar-refractivity contribution in [2.45, 2.75) is 76.4 Å². The van der Waals surface area contributed by atoms with E-state index in [-0.39, 0.29) is 37.2 Å². The molecule has 2 rings (SSSR count). The van der Waals surface area contributed by atoms with Gasteiger partial charge in [-0.05, 0) is 38.5 Å². The standard InChI is InChI=1S/C26H40N2O6/c29-25(21-33-23-11-7-3-1-4-8-12-23)27-15-17-31-19-20-32-18-16-28-26(30)22-34-24-13-9-5-2-6-10-14-24/h23-24H,1-7,9,11,13,15-22H2,(H,27,29)(H,28,30). The predicted octanol–water partition coefficient (Wildman–Crippen LogP) is 1.96. The van der Waals surface area contributed by atoms with Crippen LogP contribution in [0, 0.1) is 23.7 Å². The summed E-state index contributed by atoms with van der Waals surface area (Å²) < 4.78 is 22.1. The van der Waals surface area contributed by atoms with Gasteiger partial charge in [0.25, 0.3) is 0 Å². The molecule has 0 radical (unpaired) electrons. The molecule has 0 saturated carbocycles. The maximum Gasteiger partial charge on any atom is 0.246 e. The van der Waals surface area contributed by atoms with Crippen molar-refractivity contribution < 1.29 is 28.5 Å². The Bertz CT molecular complexity index is 646. The summed E-state index contributed by atoms with van der Waals surface area (Å²) in [7, 11) is 0. The summed E-state index contributed by atoms with van der Waals surface area (Å²) in [6.45, 7) is 2.51. The minimum atomic E-state index is -0.162. The Labute approximate surface area is 204 Å². The number of hydrogen-bond acceptors (Lipinski definition) is 6. The van der Waals surface area contributed by atoms with Crippen LogP contribution in [0.25, 0.3) is 0 Å². The maximum absolute atomic E-state index is 11.9. The van der Waals surface area contributed by atoms with Gasteiger partial charge in [0.15, 0.2) is 0 Å². The third-order valence-corrected chi connectivity index (χ3v) is 5.40. The fraction of sp³-hybridized carbons (Fsp3) is 0.769. The lowest BCUT2D eigenvalue weighted by molar-refractivity contribution is -0.127. The number of ether oxygens (including phenoxy) is 4. The molecule has 2 aliphatic rings. The molecule has 34 heavy (non-hydrogen) atoms. The maximum atomic E-state index is 11.9. The van der Waals surface area contributed by atoms with Gasteiger partial charge in [0.1, 0.15) is 25.4 Å². The fourth-order valence-corrected chi connectivity index (χ4v) is 3.51. The average molecular weight is 477 g/mol. The van der Waals surface area contributed by atoms with E-state index in [1.165, 1.54) is 12.8 Å². The van der Waals surface area contributed by atoms with Crippen molar-refractivity contribution in [1.29, 1.82) is 0 Å². The van der Waals surface area contributed by atoms with Gasteiger partial charge in [0, 0.05) is 25.9 Å². The summed E-state index contributed by atoms with van der Waals surface area (Å²) in [6.07, 6.45) is 10.1. The molecule has 0 spiro atoms. The second kappa shape index (κ2) is 19.2. The van der Waals surface area contributed by atoms with Gasteiger partial charge in [0.05, 0.1) is 26.4 Å². The molecule has 190 valence electrons. The summed E-state index contributed by atoms with van der Waals surface area (Å²) >= 11 is 0. The van der Waals surface area contributed by atoms with Crippen LogP contribution in [0.3, 0.4) is 0 Å². The molecule has 0 aliphatic heterocycles. The molecule has 0 aromatic rings. The van der Waals surface area contributed by atoms with Gasteiger partial charge in [-0.2, -0.15) is 0 Å². The van der Waals surface area contributed by atoms with Gasteiger partial charge in [0.2, 0.25) is 11.8 Å². The Morgan fingerprint density at radius 1 is 0.647 bits per heavy atom. The molecule has 2 amide bonds. The lowest BCUT2D eigenvalue weighted by Crippen LogP contribution is -2.33. The molecule has 2 N–H and O–H groups in total. The van der Waals surface area contributed by atoms with Crippen molar-refractivity contribution in [3.8, 4) is 23.7 Å². The van der Waals surface area contributed by atoms with E-state index in [4.69, 9.17) is 18.9 Å². The van der Waals surface area contributed by atoms with Crippen molar-refractivity contribution in [3.05, 3.63) is 0 Å². The molecule has 0 fully saturated rings. The van der Waals surface area contributed by atoms with Crippen LogP contribution in [0.5, 0.6) is 0 Å². The highest BCUT2D eigenvalue weighted by Gasteiger charge is 2.11. The van der Waals surface area contributed by atoms with Crippen LogP contribution >= 0.6 is 0 Å². The number of amides is 2. The van der Waals surface area contributed by atoms with Gasteiger partial charge in [-0.1, -0.05) is 24.7 Å². The van der Waals surface area contributed by atoms with Crippen LogP contribution in [0.1, 0.15) is 64.2 Å². The third-order valence-electron chi connectivity index (χ3n) is 5.40. The van der Waals surface area contributed by atoms with Crippen LogP contribution in [0.4, 0.5) is 0 Å². The van der Waals surface area contributed by atoms with Gasteiger partial charge < -0.3 is 29.6 Å². The summed E-state index contributed by atoms with van der Waals surface area (Å²) in [5, 5.41) is 5.54.